The van der Waals surface area contributed by atoms with Crippen LogP contribution in [0.3, 0.4) is 0 Å². The zero-order valence-corrected chi connectivity index (χ0v) is 18.6. The fraction of sp³-hybridized carbons (Fsp3) is 0.320. The summed E-state index contributed by atoms with van der Waals surface area (Å²) in [5.74, 6) is 2.09. The molecule has 1 amide bonds. The van der Waals surface area contributed by atoms with Gasteiger partial charge in [0.25, 0.3) is 5.91 Å². The maximum Gasteiger partial charge on any atom is 0.259 e. The Kier molecular flexibility index (Phi) is 4.06. The number of rotatable bonds is 5. The van der Waals surface area contributed by atoms with Crippen molar-refractivity contribution in [2.24, 2.45) is 5.92 Å². The van der Waals surface area contributed by atoms with Crippen molar-refractivity contribution in [2.45, 2.75) is 44.6 Å². The Balaban J connectivity index is 1.17. The largest absolute Gasteiger partial charge is 0.306 e. The molecule has 2 unspecified atom stereocenters. The average molecular weight is 455 g/mol. The number of carbonyl (C=O) groups is 1. The van der Waals surface area contributed by atoms with Gasteiger partial charge >= 0.3 is 0 Å². The molecule has 34 heavy (non-hydrogen) atoms. The van der Waals surface area contributed by atoms with Gasteiger partial charge in [0.15, 0.2) is 5.82 Å². The van der Waals surface area contributed by atoms with Gasteiger partial charge in [0, 0.05) is 24.6 Å². The highest BCUT2D eigenvalue weighted by Gasteiger charge is 2.48. The molecule has 9 heteroatoms. The SMILES string of the molecule is Cc1cc(F)c(C(=O)Nc2cccc(-c3nnc4n3C3CC3C4)n2)cc1-n1cnc(C2CC2)c1. The minimum absolute atomic E-state index is 0.0429. The van der Waals surface area contributed by atoms with Gasteiger partial charge in [0.05, 0.1) is 23.3 Å². The monoisotopic (exact) mass is 455 g/mol. The standard InChI is InChI=1S/C25H22FN7O/c1-13-7-17(26)16(10-20(13)32-11-19(27-12-32)14-5-6-14)25(34)29-22-4-2-3-18(28-22)24-31-30-23-9-15-8-21(15)33(23)24/h2-4,7,10-12,14-15,21H,5-6,8-9H2,1H3,(H,28,29,34). The number of fused-ring (bicyclic) bond motifs is 3. The molecule has 2 atom stereocenters. The zero-order valence-electron chi connectivity index (χ0n) is 18.6. The van der Waals surface area contributed by atoms with Gasteiger partial charge in [-0.2, -0.15) is 0 Å². The van der Waals surface area contributed by atoms with Crippen LogP contribution in [0.4, 0.5) is 10.2 Å². The molecule has 0 radical (unpaired) electrons. The Bertz CT molecular complexity index is 1470. The van der Waals surface area contributed by atoms with Crippen molar-refractivity contribution in [3.8, 4) is 17.2 Å². The second-order valence-electron chi connectivity index (χ2n) is 9.54. The number of carbonyl (C=O) groups excluding carboxylic acids is 1. The quantitative estimate of drug-likeness (QED) is 0.487. The number of hydrogen-bond donors (Lipinski definition) is 1. The third kappa shape index (κ3) is 3.14. The smallest absolute Gasteiger partial charge is 0.259 e. The van der Waals surface area contributed by atoms with Gasteiger partial charge in [-0.05, 0) is 61.9 Å². The van der Waals surface area contributed by atoms with Crippen molar-refractivity contribution < 1.29 is 9.18 Å². The molecule has 2 aliphatic carbocycles. The van der Waals surface area contributed by atoms with E-state index in [1.807, 2.05) is 23.8 Å². The summed E-state index contributed by atoms with van der Waals surface area (Å²) < 4.78 is 18.8. The number of imidazole rings is 1. The number of nitrogens with one attached hydrogen (secondary N) is 1. The molecule has 1 aromatic carbocycles. The minimum Gasteiger partial charge on any atom is -0.306 e. The lowest BCUT2D eigenvalue weighted by atomic mass is 10.1. The molecule has 2 saturated carbocycles. The molecule has 0 saturated heterocycles. The molecule has 1 N–H and O–H groups in total. The van der Waals surface area contributed by atoms with Crippen LogP contribution in [-0.2, 0) is 6.42 Å². The molecule has 170 valence electrons. The minimum atomic E-state index is -0.576. The lowest BCUT2D eigenvalue weighted by Crippen LogP contribution is -2.16. The van der Waals surface area contributed by atoms with Gasteiger partial charge < -0.3 is 14.5 Å². The highest BCUT2D eigenvalue weighted by atomic mass is 19.1. The number of nitrogens with zero attached hydrogens (tertiary/aromatic N) is 6. The number of halogens is 1. The Labute approximate surface area is 194 Å². The second kappa shape index (κ2) is 7.06. The number of pyridine rings is 1. The number of aromatic nitrogens is 6. The molecule has 0 bridgehead atoms. The van der Waals surface area contributed by atoms with E-state index in [1.165, 1.54) is 6.07 Å². The fourth-order valence-electron chi connectivity index (χ4n) is 4.97. The molecule has 4 heterocycles. The molecule has 8 nitrogen and oxygen atoms in total. The predicted octanol–water partition coefficient (Wildman–Crippen LogP) is 4.22. The molecule has 2 fully saturated rings. The summed E-state index contributed by atoms with van der Waals surface area (Å²) >= 11 is 0. The van der Waals surface area contributed by atoms with E-state index in [2.05, 4.69) is 30.0 Å². The molecule has 1 aliphatic heterocycles. The van der Waals surface area contributed by atoms with E-state index in [0.29, 0.717) is 35.2 Å². The first-order chi connectivity index (χ1) is 16.5. The van der Waals surface area contributed by atoms with Gasteiger partial charge in [-0.15, -0.1) is 10.2 Å². The highest BCUT2D eigenvalue weighted by molar-refractivity contribution is 6.04. The molecule has 3 aliphatic rings. The van der Waals surface area contributed by atoms with Crippen molar-refractivity contribution in [3.05, 3.63) is 71.3 Å². The van der Waals surface area contributed by atoms with E-state index >= 15 is 0 Å². The number of anilines is 1. The second-order valence-corrected chi connectivity index (χ2v) is 9.54. The van der Waals surface area contributed by atoms with Crippen molar-refractivity contribution >= 4 is 11.7 Å². The van der Waals surface area contributed by atoms with Crippen molar-refractivity contribution in [3.63, 3.8) is 0 Å². The van der Waals surface area contributed by atoms with E-state index < -0.39 is 11.7 Å². The molecule has 7 rings (SSSR count). The van der Waals surface area contributed by atoms with Crippen LogP contribution >= 0.6 is 0 Å². The summed E-state index contributed by atoms with van der Waals surface area (Å²) in [6.07, 6.45) is 8.11. The molecule has 3 aromatic heterocycles. The molecule has 0 spiro atoms. The molecule has 4 aromatic rings. The number of benzene rings is 1. The molecular formula is C25H22FN7O. The van der Waals surface area contributed by atoms with Crippen LogP contribution in [0, 0.1) is 18.7 Å². The first kappa shape index (κ1) is 19.6. The zero-order chi connectivity index (χ0) is 23.0. The lowest BCUT2D eigenvalue weighted by molar-refractivity contribution is 0.102. The number of hydrogen-bond acceptors (Lipinski definition) is 5. The average Bonchev–Trinajstić information content (AvgIpc) is 3.67. The van der Waals surface area contributed by atoms with Gasteiger partial charge in [0.1, 0.15) is 23.2 Å². The van der Waals surface area contributed by atoms with Crippen molar-refractivity contribution in [1.82, 2.24) is 29.3 Å². The summed E-state index contributed by atoms with van der Waals surface area (Å²) in [5.41, 5.74) is 3.09. The van der Waals surface area contributed by atoms with Crippen LogP contribution in [0.2, 0.25) is 0 Å². The summed E-state index contributed by atoms with van der Waals surface area (Å²) in [6.45, 7) is 1.82. The lowest BCUT2D eigenvalue weighted by Gasteiger charge is -2.12. The van der Waals surface area contributed by atoms with Crippen LogP contribution in [-0.4, -0.2) is 35.2 Å². The third-order valence-corrected chi connectivity index (χ3v) is 7.05. The first-order valence-electron chi connectivity index (χ1n) is 11.6. The number of amides is 1. The fourth-order valence-corrected chi connectivity index (χ4v) is 4.97. The summed E-state index contributed by atoms with van der Waals surface area (Å²) in [4.78, 5) is 22.1. The van der Waals surface area contributed by atoms with Crippen LogP contribution in [0.1, 0.15) is 58.7 Å². The topological polar surface area (TPSA) is 90.5 Å². The maximum atomic E-state index is 14.8. The maximum absolute atomic E-state index is 14.8. The van der Waals surface area contributed by atoms with Crippen LogP contribution in [0.15, 0.2) is 42.9 Å². The predicted molar refractivity (Wildman–Crippen MR) is 122 cm³/mol. The molecular weight excluding hydrogens is 433 g/mol. The Morgan fingerprint density at radius 2 is 2.09 bits per heavy atom. The number of aryl methyl sites for hydroxylation is 1. The summed E-state index contributed by atoms with van der Waals surface area (Å²) in [6, 6.07) is 8.76. The third-order valence-electron chi connectivity index (χ3n) is 7.05. The Hall–Kier alpha value is -3.88. The van der Waals surface area contributed by atoms with Gasteiger partial charge in [0.2, 0.25) is 0 Å². The van der Waals surface area contributed by atoms with Crippen LogP contribution in [0.25, 0.3) is 17.2 Å². The van der Waals surface area contributed by atoms with Gasteiger partial charge in [-0.3, -0.25) is 4.79 Å². The van der Waals surface area contributed by atoms with Crippen LogP contribution < -0.4 is 5.32 Å². The van der Waals surface area contributed by atoms with E-state index in [9.17, 15) is 9.18 Å². The first-order valence-corrected chi connectivity index (χ1v) is 11.6. The van der Waals surface area contributed by atoms with Gasteiger partial charge in [-0.1, -0.05) is 6.07 Å². The van der Waals surface area contributed by atoms with E-state index in [1.54, 1.807) is 24.5 Å². The normalized spacial score (nSPS) is 20.2. The highest BCUT2D eigenvalue weighted by Crippen LogP contribution is 2.52. The Morgan fingerprint density at radius 3 is 2.94 bits per heavy atom. The van der Waals surface area contributed by atoms with E-state index in [-0.39, 0.29) is 5.56 Å². The van der Waals surface area contributed by atoms with Crippen LogP contribution in [0.5, 0.6) is 0 Å². The van der Waals surface area contributed by atoms with Crippen molar-refractivity contribution in [1.29, 1.82) is 0 Å². The van der Waals surface area contributed by atoms with E-state index in [0.717, 1.165) is 48.5 Å². The van der Waals surface area contributed by atoms with Gasteiger partial charge in [-0.25, -0.2) is 14.4 Å². The summed E-state index contributed by atoms with van der Waals surface area (Å²) in [7, 11) is 0. The van der Waals surface area contributed by atoms with Crippen molar-refractivity contribution in [2.75, 3.05) is 5.32 Å². The summed E-state index contributed by atoms with van der Waals surface area (Å²) in [5, 5.41) is 11.4. The Morgan fingerprint density at radius 1 is 1.21 bits per heavy atom. The van der Waals surface area contributed by atoms with E-state index in [4.69, 9.17) is 0 Å².